The number of aryl methyl sites for hydroxylation is 1. The van der Waals surface area contributed by atoms with Crippen LogP contribution in [-0.2, 0) is 4.74 Å². The number of halogens is 4. The number of nitrogens with one attached hydrogen (secondary N) is 1. The van der Waals surface area contributed by atoms with Crippen molar-refractivity contribution in [1.29, 1.82) is 0 Å². The van der Waals surface area contributed by atoms with Gasteiger partial charge in [0.25, 0.3) is 5.56 Å². The summed E-state index contributed by atoms with van der Waals surface area (Å²) in [6.07, 6.45) is -12.0. The van der Waals surface area contributed by atoms with Gasteiger partial charge in [-0.2, -0.15) is 13.2 Å². The molecule has 0 saturated carbocycles. The van der Waals surface area contributed by atoms with Gasteiger partial charge in [-0.3, -0.25) is 14.3 Å². The first-order chi connectivity index (χ1) is 10.0. The molecule has 0 bridgehead atoms. The molecular formula is C11H12F4N2O5. The van der Waals surface area contributed by atoms with Gasteiger partial charge in [0, 0.05) is 11.8 Å². The summed E-state index contributed by atoms with van der Waals surface area (Å²) >= 11 is 0. The lowest BCUT2D eigenvalue weighted by atomic mass is 9.96. The molecule has 0 aromatic carbocycles. The lowest BCUT2D eigenvalue weighted by Gasteiger charge is -2.31. The Kier molecular flexibility index (Phi) is 3.92. The molecule has 0 spiro atoms. The van der Waals surface area contributed by atoms with E-state index in [0.29, 0.717) is 4.57 Å². The fourth-order valence-electron chi connectivity index (χ4n) is 2.20. The first kappa shape index (κ1) is 16.6. The topological polar surface area (TPSA) is 105 Å². The van der Waals surface area contributed by atoms with Crippen LogP contribution in [0, 0.1) is 6.92 Å². The van der Waals surface area contributed by atoms with Gasteiger partial charge >= 0.3 is 11.9 Å². The van der Waals surface area contributed by atoms with E-state index in [2.05, 4.69) is 4.74 Å². The molecular weight excluding hydrogens is 316 g/mol. The van der Waals surface area contributed by atoms with E-state index in [1.807, 2.05) is 0 Å². The normalized spacial score (nSPS) is 32.4. The molecule has 1 aliphatic rings. The lowest BCUT2D eigenvalue weighted by molar-refractivity contribution is -0.306. The van der Waals surface area contributed by atoms with Crippen molar-refractivity contribution in [2.24, 2.45) is 0 Å². The van der Waals surface area contributed by atoms with Crippen LogP contribution < -0.4 is 11.2 Å². The number of aliphatic hydroxyl groups is 2. The summed E-state index contributed by atoms with van der Waals surface area (Å²) in [7, 11) is 0. The number of rotatable bonds is 2. The zero-order chi connectivity index (χ0) is 16.9. The summed E-state index contributed by atoms with van der Waals surface area (Å²) in [5.41, 5.74) is -5.62. The lowest BCUT2D eigenvalue weighted by Crippen LogP contribution is -2.56. The van der Waals surface area contributed by atoms with Gasteiger partial charge in [-0.15, -0.1) is 0 Å². The van der Waals surface area contributed by atoms with Crippen LogP contribution in [0.2, 0.25) is 0 Å². The van der Waals surface area contributed by atoms with Crippen LogP contribution in [-0.4, -0.2) is 50.4 Å². The molecule has 0 amide bonds. The second kappa shape index (κ2) is 5.18. The third-order valence-corrected chi connectivity index (χ3v) is 3.52. The smallest absolute Gasteiger partial charge is 0.393 e. The van der Waals surface area contributed by atoms with Gasteiger partial charge in [-0.1, -0.05) is 0 Å². The number of hydrogen-bond donors (Lipinski definition) is 3. The van der Waals surface area contributed by atoms with Gasteiger partial charge in [-0.25, -0.2) is 9.18 Å². The Labute approximate surface area is 119 Å². The van der Waals surface area contributed by atoms with Crippen molar-refractivity contribution in [2.75, 3.05) is 6.61 Å². The van der Waals surface area contributed by atoms with Gasteiger partial charge in [0.1, 0.15) is 6.10 Å². The number of alkyl halides is 4. The van der Waals surface area contributed by atoms with Crippen molar-refractivity contribution >= 4 is 0 Å². The fourth-order valence-corrected chi connectivity index (χ4v) is 2.20. The average molecular weight is 328 g/mol. The highest BCUT2D eigenvalue weighted by Crippen LogP contribution is 2.47. The first-order valence-electron chi connectivity index (χ1n) is 6.05. The van der Waals surface area contributed by atoms with E-state index in [9.17, 15) is 32.3 Å². The van der Waals surface area contributed by atoms with Crippen LogP contribution in [0.15, 0.2) is 15.8 Å². The molecule has 1 aliphatic heterocycles. The molecule has 0 aliphatic carbocycles. The largest absolute Gasteiger partial charge is 0.422 e. The Morgan fingerprint density at radius 1 is 1.45 bits per heavy atom. The molecule has 22 heavy (non-hydrogen) atoms. The highest BCUT2D eigenvalue weighted by atomic mass is 19.4. The van der Waals surface area contributed by atoms with Gasteiger partial charge in [-0.05, 0) is 6.92 Å². The van der Waals surface area contributed by atoms with Gasteiger partial charge < -0.3 is 14.9 Å². The average Bonchev–Trinajstić information content (AvgIpc) is 2.67. The molecule has 2 rings (SSSR count). The molecule has 1 aromatic heterocycles. The fraction of sp³-hybridized carbons (Fsp3) is 0.636. The summed E-state index contributed by atoms with van der Waals surface area (Å²) in [5, 5.41) is 18.5. The minimum atomic E-state index is -5.28. The number of nitrogens with zero attached hydrogens (tertiary/aromatic N) is 1. The van der Waals surface area contributed by atoms with Gasteiger partial charge in [0.15, 0.2) is 12.4 Å². The number of aromatic nitrogens is 2. The number of hydrogen-bond acceptors (Lipinski definition) is 5. The molecule has 11 heteroatoms. The van der Waals surface area contributed by atoms with Crippen molar-refractivity contribution in [2.45, 2.75) is 37.2 Å². The van der Waals surface area contributed by atoms with Crippen molar-refractivity contribution in [1.82, 2.24) is 9.55 Å². The van der Waals surface area contributed by atoms with Crippen LogP contribution in [0.25, 0.3) is 0 Å². The van der Waals surface area contributed by atoms with E-state index in [0.717, 1.165) is 6.20 Å². The summed E-state index contributed by atoms with van der Waals surface area (Å²) in [6, 6.07) is 0. The summed E-state index contributed by atoms with van der Waals surface area (Å²) in [4.78, 5) is 24.6. The van der Waals surface area contributed by atoms with Crippen molar-refractivity contribution in [3.8, 4) is 0 Å². The van der Waals surface area contributed by atoms with Gasteiger partial charge in [0.05, 0.1) is 6.61 Å². The molecule has 124 valence electrons. The highest BCUT2D eigenvalue weighted by molar-refractivity contribution is 5.08. The minimum absolute atomic E-state index is 0.0709. The van der Waals surface area contributed by atoms with Crippen molar-refractivity contribution in [3.05, 3.63) is 32.6 Å². The maximum atomic E-state index is 14.1. The van der Waals surface area contributed by atoms with Crippen LogP contribution >= 0.6 is 0 Å². The Bertz CT molecular complexity index is 684. The molecule has 7 nitrogen and oxygen atoms in total. The summed E-state index contributed by atoms with van der Waals surface area (Å²) in [6.45, 7) is -0.484. The van der Waals surface area contributed by atoms with Crippen molar-refractivity contribution in [3.63, 3.8) is 0 Å². The molecule has 1 saturated heterocycles. The maximum absolute atomic E-state index is 14.1. The second-order valence-corrected chi connectivity index (χ2v) is 4.92. The summed E-state index contributed by atoms with van der Waals surface area (Å²) < 4.78 is 58.0. The minimum Gasteiger partial charge on any atom is -0.393 e. The summed E-state index contributed by atoms with van der Waals surface area (Å²) in [5.74, 6) is 0. The van der Waals surface area contributed by atoms with E-state index < -0.39 is 48.1 Å². The zero-order valence-corrected chi connectivity index (χ0v) is 11.1. The van der Waals surface area contributed by atoms with E-state index in [4.69, 9.17) is 5.11 Å². The number of aliphatic hydroxyl groups excluding tert-OH is 2. The number of ether oxygens (including phenoxy) is 1. The van der Waals surface area contributed by atoms with Crippen LogP contribution in [0.4, 0.5) is 17.6 Å². The molecule has 4 atom stereocenters. The molecule has 1 fully saturated rings. The predicted octanol–water partition coefficient (Wildman–Crippen LogP) is -0.634. The second-order valence-electron chi connectivity index (χ2n) is 4.92. The molecule has 0 unspecified atom stereocenters. The SMILES string of the molecule is Cc1cn([C@@H]2O[C@@](CO)(C(F)(F)F)[C@@H](O)[C@@H]2F)c(=O)[nH]c1=O. The monoisotopic (exact) mass is 328 g/mol. The molecule has 3 N–H and O–H groups in total. The molecule has 0 radical (unpaired) electrons. The van der Waals surface area contributed by atoms with E-state index in [1.165, 1.54) is 6.92 Å². The highest BCUT2D eigenvalue weighted by Gasteiger charge is 2.69. The van der Waals surface area contributed by atoms with Crippen LogP contribution in [0.5, 0.6) is 0 Å². The van der Waals surface area contributed by atoms with E-state index >= 15 is 0 Å². The third-order valence-electron chi connectivity index (χ3n) is 3.52. The standard InChI is InChI=1S/C11H12F4N2O5/c1-4-2-17(9(21)16-7(4)20)8-5(12)6(19)10(3-18,22-8)11(13,14)15/h2,5-6,8,18-19H,3H2,1H3,(H,16,20,21)/t5-,6-,8+,10+/m0/s1. The maximum Gasteiger partial charge on any atom is 0.422 e. The first-order valence-corrected chi connectivity index (χ1v) is 6.05. The quantitative estimate of drug-likeness (QED) is 0.627. The van der Waals surface area contributed by atoms with Gasteiger partial charge in [0.2, 0.25) is 5.60 Å². The Morgan fingerprint density at radius 3 is 2.50 bits per heavy atom. The number of aromatic amines is 1. The Morgan fingerprint density at radius 2 is 2.05 bits per heavy atom. The third kappa shape index (κ3) is 2.25. The predicted molar refractivity (Wildman–Crippen MR) is 63.0 cm³/mol. The zero-order valence-electron chi connectivity index (χ0n) is 11.1. The molecule has 2 heterocycles. The molecule has 1 aromatic rings. The number of H-pyrrole nitrogens is 1. The van der Waals surface area contributed by atoms with Crippen LogP contribution in [0.1, 0.15) is 11.8 Å². The van der Waals surface area contributed by atoms with E-state index in [1.54, 1.807) is 4.98 Å². The van der Waals surface area contributed by atoms with E-state index in [-0.39, 0.29) is 5.56 Å². The Hall–Kier alpha value is -1.72. The Balaban J connectivity index is 2.54. The van der Waals surface area contributed by atoms with Crippen molar-refractivity contribution < 1.29 is 32.5 Å². The van der Waals surface area contributed by atoms with Crippen LogP contribution in [0.3, 0.4) is 0 Å².